The van der Waals surface area contributed by atoms with Crippen LogP contribution >= 0.6 is 0 Å². The van der Waals surface area contributed by atoms with Crippen LogP contribution in [0.2, 0.25) is 0 Å². The highest BCUT2D eigenvalue weighted by molar-refractivity contribution is 5.09. The third kappa shape index (κ3) is 2.10. The summed E-state index contributed by atoms with van der Waals surface area (Å²) in [5.74, 6) is 0. The molecule has 68 valence electrons. The van der Waals surface area contributed by atoms with E-state index in [1.807, 2.05) is 0 Å². The molecule has 12 heavy (non-hydrogen) atoms. The molecule has 1 N–H and O–H groups in total. The lowest BCUT2D eigenvalue weighted by Gasteiger charge is -2.15. The molecule has 2 aliphatic rings. The Balaban J connectivity index is 1.87. The van der Waals surface area contributed by atoms with Crippen molar-refractivity contribution in [3.05, 3.63) is 11.6 Å². The van der Waals surface area contributed by atoms with Gasteiger partial charge in [-0.25, -0.2) is 0 Å². The summed E-state index contributed by atoms with van der Waals surface area (Å²) in [5.41, 5.74) is 1.72. The molecule has 1 aliphatic heterocycles. The zero-order chi connectivity index (χ0) is 8.23. The minimum absolute atomic E-state index is 0.720. The first kappa shape index (κ1) is 8.31. The number of rotatable bonds is 1. The number of nitrogens with one attached hydrogen (secondary N) is 1. The van der Waals surface area contributed by atoms with Crippen LogP contribution in [0.25, 0.3) is 0 Å². The van der Waals surface area contributed by atoms with E-state index in [1.165, 1.54) is 51.5 Å². The van der Waals surface area contributed by atoms with Crippen molar-refractivity contribution in [2.24, 2.45) is 0 Å². The Labute approximate surface area is 75.2 Å². The summed E-state index contributed by atoms with van der Waals surface area (Å²) in [6.07, 6.45) is 12.3. The summed E-state index contributed by atoms with van der Waals surface area (Å²) in [6, 6.07) is 0.720. The van der Waals surface area contributed by atoms with Crippen LogP contribution < -0.4 is 5.32 Å². The maximum Gasteiger partial charge on any atom is 0.0253 e. The van der Waals surface area contributed by atoms with Crippen LogP contribution in [0, 0.1) is 0 Å². The van der Waals surface area contributed by atoms with Crippen molar-refractivity contribution in [3.63, 3.8) is 0 Å². The molecule has 0 aromatic heterocycles. The van der Waals surface area contributed by atoms with E-state index in [0.29, 0.717) is 0 Å². The van der Waals surface area contributed by atoms with Gasteiger partial charge in [-0.05, 0) is 45.1 Å². The minimum atomic E-state index is 0.720. The van der Waals surface area contributed by atoms with E-state index in [0.717, 1.165) is 6.04 Å². The predicted octanol–water partition coefficient (Wildman–Crippen LogP) is 2.63. The monoisotopic (exact) mass is 165 g/mol. The third-order valence-electron chi connectivity index (χ3n) is 3.03. The SMILES string of the molecule is C(=C1CCCCC1)C1CCCN1. The van der Waals surface area contributed by atoms with Crippen molar-refractivity contribution in [2.45, 2.75) is 51.0 Å². The Bertz CT molecular complexity index is 158. The van der Waals surface area contributed by atoms with E-state index in [1.54, 1.807) is 5.57 Å². The maximum absolute atomic E-state index is 3.53. The molecule has 2 rings (SSSR count). The number of allylic oxidation sites excluding steroid dienone is 1. The number of hydrogen-bond donors (Lipinski definition) is 1. The zero-order valence-corrected chi connectivity index (χ0v) is 7.81. The molecule has 1 aliphatic carbocycles. The van der Waals surface area contributed by atoms with Gasteiger partial charge in [0.05, 0.1) is 0 Å². The van der Waals surface area contributed by atoms with E-state index in [-0.39, 0.29) is 0 Å². The quantitative estimate of drug-likeness (QED) is 0.589. The molecule has 1 unspecified atom stereocenters. The van der Waals surface area contributed by atoms with Crippen LogP contribution in [0.5, 0.6) is 0 Å². The first-order chi connectivity index (χ1) is 5.95. The van der Waals surface area contributed by atoms with Crippen molar-refractivity contribution >= 4 is 0 Å². The van der Waals surface area contributed by atoms with Gasteiger partial charge in [-0.15, -0.1) is 0 Å². The largest absolute Gasteiger partial charge is 0.311 e. The molecule has 0 spiro atoms. The Kier molecular flexibility index (Phi) is 2.83. The van der Waals surface area contributed by atoms with Crippen LogP contribution in [0.3, 0.4) is 0 Å². The van der Waals surface area contributed by atoms with Gasteiger partial charge in [0.1, 0.15) is 0 Å². The van der Waals surface area contributed by atoms with Gasteiger partial charge in [-0.1, -0.05) is 18.1 Å². The Morgan fingerprint density at radius 3 is 2.58 bits per heavy atom. The second kappa shape index (κ2) is 4.08. The Hall–Kier alpha value is -0.300. The van der Waals surface area contributed by atoms with E-state index in [4.69, 9.17) is 0 Å². The van der Waals surface area contributed by atoms with Gasteiger partial charge in [-0.2, -0.15) is 0 Å². The summed E-state index contributed by atoms with van der Waals surface area (Å²) in [7, 11) is 0. The minimum Gasteiger partial charge on any atom is -0.311 e. The van der Waals surface area contributed by atoms with Crippen molar-refractivity contribution in [1.29, 1.82) is 0 Å². The van der Waals surface area contributed by atoms with Crippen molar-refractivity contribution < 1.29 is 0 Å². The zero-order valence-electron chi connectivity index (χ0n) is 7.81. The molecule has 1 heterocycles. The van der Waals surface area contributed by atoms with Gasteiger partial charge >= 0.3 is 0 Å². The molecule has 1 saturated carbocycles. The Morgan fingerprint density at radius 1 is 1.08 bits per heavy atom. The van der Waals surface area contributed by atoms with Crippen molar-refractivity contribution in [3.8, 4) is 0 Å². The fourth-order valence-corrected chi connectivity index (χ4v) is 2.31. The summed E-state index contributed by atoms with van der Waals surface area (Å²) in [5, 5.41) is 3.53. The van der Waals surface area contributed by atoms with Crippen LogP contribution in [0.1, 0.15) is 44.9 Å². The van der Waals surface area contributed by atoms with Crippen molar-refractivity contribution in [1.82, 2.24) is 5.32 Å². The molecule has 0 amide bonds. The van der Waals surface area contributed by atoms with Gasteiger partial charge in [0.15, 0.2) is 0 Å². The fraction of sp³-hybridized carbons (Fsp3) is 0.818. The molecule has 1 heteroatoms. The van der Waals surface area contributed by atoms with Gasteiger partial charge < -0.3 is 5.32 Å². The Morgan fingerprint density at radius 2 is 1.92 bits per heavy atom. The average Bonchev–Trinajstić information content (AvgIpc) is 2.59. The lowest BCUT2D eigenvalue weighted by molar-refractivity contribution is 0.588. The maximum atomic E-state index is 3.53. The molecule has 1 atom stereocenters. The highest BCUT2D eigenvalue weighted by Gasteiger charge is 2.13. The summed E-state index contributed by atoms with van der Waals surface area (Å²) in [6.45, 7) is 1.23. The third-order valence-corrected chi connectivity index (χ3v) is 3.03. The lowest BCUT2D eigenvalue weighted by Crippen LogP contribution is -2.19. The van der Waals surface area contributed by atoms with Crippen LogP contribution in [0.4, 0.5) is 0 Å². The topological polar surface area (TPSA) is 12.0 Å². The molecule has 2 fully saturated rings. The van der Waals surface area contributed by atoms with Gasteiger partial charge in [0, 0.05) is 6.04 Å². The standard InChI is InChI=1S/C11H19N/c1-2-5-10(6-3-1)9-11-7-4-8-12-11/h9,11-12H,1-8H2. The van der Waals surface area contributed by atoms with Gasteiger partial charge in [-0.3, -0.25) is 0 Å². The molecular formula is C11H19N. The predicted molar refractivity (Wildman–Crippen MR) is 52.2 cm³/mol. The molecule has 0 aromatic rings. The molecule has 0 aromatic carbocycles. The molecule has 0 radical (unpaired) electrons. The summed E-state index contributed by atoms with van der Waals surface area (Å²) < 4.78 is 0. The fourth-order valence-electron chi connectivity index (χ4n) is 2.31. The summed E-state index contributed by atoms with van der Waals surface area (Å²) >= 11 is 0. The van der Waals surface area contributed by atoms with Crippen LogP contribution in [0.15, 0.2) is 11.6 Å². The van der Waals surface area contributed by atoms with Crippen LogP contribution in [-0.4, -0.2) is 12.6 Å². The van der Waals surface area contributed by atoms with Crippen LogP contribution in [-0.2, 0) is 0 Å². The van der Waals surface area contributed by atoms with Gasteiger partial charge in [0.25, 0.3) is 0 Å². The lowest BCUT2D eigenvalue weighted by atomic mass is 9.93. The van der Waals surface area contributed by atoms with E-state index < -0.39 is 0 Å². The molecule has 0 bridgehead atoms. The first-order valence-electron chi connectivity index (χ1n) is 5.38. The molecule has 1 saturated heterocycles. The second-order valence-corrected chi connectivity index (χ2v) is 4.09. The average molecular weight is 165 g/mol. The highest BCUT2D eigenvalue weighted by atomic mass is 14.9. The smallest absolute Gasteiger partial charge is 0.0253 e. The normalized spacial score (nSPS) is 30.7. The summed E-state index contributed by atoms with van der Waals surface area (Å²) in [4.78, 5) is 0. The molecular weight excluding hydrogens is 146 g/mol. The number of hydrogen-bond acceptors (Lipinski definition) is 1. The van der Waals surface area contributed by atoms with E-state index >= 15 is 0 Å². The first-order valence-corrected chi connectivity index (χ1v) is 5.38. The molecule has 1 nitrogen and oxygen atoms in total. The highest BCUT2D eigenvalue weighted by Crippen LogP contribution is 2.24. The van der Waals surface area contributed by atoms with E-state index in [2.05, 4.69) is 11.4 Å². The van der Waals surface area contributed by atoms with E-state index in [9.17, 15) is 0 Å². The van der Waals surface area contributed by atoms with Crippen molar-refractivity contribution in [2.75, 3.05) is 6.54 Å². The second-order valence-electron chi connectivity index (χ2n) is 4.09. The van der Waals surface area contributed by atoms with Gasteiger partial charge in [0.2, 0.25) is 0 Å².